The second kappa shape index (κ2) is 5.38. The van der Waals surface area contributed by atoms with Gasteiger partial charge >= 0.3 is 0 Å². The van der Waals surface area contributed by atoms with Gasteiger partial charge in [-0.25, -0.2) is 0 Å². The molecule has 2 aromatic rings. The van der Waals surface area contributed by atoms with Crippen LogP contribution >= 0.6 is 0 Å². The fourth-order valence-corrected chi connectivity index (χ4v) is 2.36. The number of nitrogens with two attached hydrogens (primary N) is 1. The first-order valence-corrected chi connectivity index (χ1v) is 6.67. The minimum Gasteiger partial charge on any atom is -0.324 e. The van der Waals surface area contributed by atoms with Crippen molar-refractivity contribution in [2.45, 2.75) is 12.5 Å². The van der Waals surface area contributed by atoms with E-state index >= 15 is 0 Å². The zero-order valence-electron chi connectivity index (χ0n) is 11.3. The van der Waals surface area contributed by atoms with Crippen LogP contribution in [0.15, 0.2) is 48.5 Å². The van der Waals surface area contributed by atoms with Crippen molar-refractivity contribution in [2.24, 2.45) is 5.73 Å². The van der Waals surface area contributed by atoms with Gasteiger partial charge in [-0.2, -0.15) is 0 Å². The third-order valence-electron chi connectivity index (χ3n) is 3.43. The molecule has 1 aliphatic rings. The van der Waals surface area contributed by atoms with Gasteiger partial charge in [-0.05, 0) is 23.3 Å². The second-order valence-electron chi connectivity index (χ2n) is 4.97. The first-order valence-electron chi connectivity index (χ1n) is 6.67. The van der Waals surface area contributed by atoms with Gasteiger partial charge in [0.1, 0.15) is 6.42 Å². The number of benzene rings is 2. The maximum atomic E-state index is 11.6. The lowest BCUT2D eigenvalue weighted by Gasteiger charge is -2.15. The fourth-order valence-electron chi connectivity index (χ4n) is 2.36. The molecule has 0 saturated carbocycles. The van der Waals surface area contributed by atoms with E-state index in [-0.39, 0.29) is 24.3 Å². The number of fused-ring (bicyclic) bond motifs is 1. The normalized spacial score (nSPS) is 15.5. The summed E-state index contributed by atoms with van der Waals surface area (Å²) in [6, 6.07) is 14.8. The number of hydrogen-bond acceptors (Lipinski definition) is 3. The average Bonchev–Trinajstić information content (AvgIpc) is 2.63. The van der Waals surface area contributed by atoms with Gasteiger partial charge in [0, 0.05) is 0 Å². The van der Waals surface area contributed by atoms with Crippen LogP contribution in [-0.4, -0.2) is 11.8 Å². The van der Waals surface area contributed by atoms with E-state index in [2.05, 4.69) is 10.6 Å². The van der Waals surface area contributed by atoms with Crippen LogP contribution in [0.3, 0.4) is 0 Å². The molecule has 2 aromatic carbocycles. The standard InChI is InChI=1S/C16H15N3O2/c17-16(10-4-2-1-3-5-10)11-6-7-12-13(8-11)19-15(21)9-14(20)18-12/h1-8,16H,9,17H2,(H,18,20)(H,19,21). The van der Waals surface area contributed by atoms with Gasteiger partial charge in [0.25, 0.3) is 0 Å². The molecule has 0 saturated heterocycles. The Labute approximate surface area is 122 Å². The highest BCUT2D eigenvalue weighted by molar-refractivity contribution is 6.13. The first kappa shape index (κ1) is 13.3. The monoisotopic (exact) mass is 281 g/mol. The summed E-state index contributed by atoms with van der Waals surface area (Å²) in [5, 5.41) is 5.42. The van der Waals surface area contributed by atoms with Crippen LogP contribution in [0.1, 0.15) is 23.6 Å². The molecule has 106 valence electrons. The molecule has 5 heteroatoms. The highest BCUT2D eigenvalue weighted by atomic mass is 16.2. The second-order valence-corrected chi connectivity index (χ2v) is 4.97. The van der Waals surface area contributed by atoms with Crippen molar-refractivity contribution < 1.29 is 9.59 Å². The largest absolute Gasteiger partial charge is 0.324 e. The van der Waals surface area contributed by atoms with E-state index in [1.807, 2.05) is 36.4 Å². The maximum absolute atomic E-state index is 11.6. The van der Waals surface area contributed by atoms with Crippen LogP contribution in [0.2, 0.25) is 0 Å². The smallest absolute Gasteiger partial charge is 0.233 e. The third kappa shape index (κ3) is 2.78. The number of carbonyl (C=O) groups is 2. The molecule has 1 heterocycles. The zero-order valence-corrected chi connectivity index (χ0v) is 11.3. The minimum atomic E-state index is -0.323. The van der Waals surface area contributed by atoms with Gasteiger partial charge in [0.05, 0.1) is 17.4 Å². The van der Waals surface area contributed by atoms with E-state index in [1.54, 1.807) is 12.1 Å². The van der Waals surface area contributed by atoms with Crippen LogP contribution < -0.4 is 16.4 Å². The van der Waals surface area contributed by atoms with Crippen LogP contribution in [0.4, 0.5) is 11.4 Å². The van der Waals surface area contributed by atoms with E-state index in [1.165, 1.54) is 0 Å². The number of rotatable bonds is 2. The predicted octanol–water partition coefficient (Wildman–Crippen LogP) is 2.02. The van der Waals surface area contributed by atoms with Gasteiger partial charge in [0.2, 0.25) is 11.8 Å². The lowest BCUT2D eigenvalue weighted by molar-refractivity contribution is -0.123. The molecule has 5 nitrogen and oxygen atoms in total. The number of anilines is 2. The van der Waals surface area contributed by atoms with E-state index in [4.69, 9.17) is 5.73 Å². The Hall–Kier alpha value is -2.66. The summed E-state index contributed by atoms with van der Waals surface area (Å²) in [6.45, 7) is 0. The Bertz CT molecular complexity index is 698. The van der Waals surface area contributed by atoms with Crippen molar-refractivity contribution in [1.82, 2.24) is 0 Å². The van der Waals surface area contributed by atoms with E-state index in [0.29, 0.717) is 11.4 Å². The molecule has 0 aliphatic carbocycles. The fraction of sp³-hybridized carbons (Fsp3) is 0.125. The Morgan fingerprint density at radius 2 is 1.52 bits per heavy atom. The molecule has 21 heavy (non-hydrogen) atoms. The van der Waals surface area contributed by atoms with Gasteiger partial charge in [-0.15, -0.1) is 0 Å². The Kier molecular flexibility index (Phi) is 3.41. The van der Waals surface area contributed by atoms with Crippen LogP contribution in [0, 0.1) is 0 Å². The highest BCUT2D eigenvalue weighted by Gasteiger charge is 2.19. The van der Waals surface area contributed by atoms with Crippen molar-refractivity contribution in [3.05, 3.63) is 59.7 Å². The molecule has 0 aromatic heterocycles. The maximum Gasteiger partial charge on any atom is 0.233 e. The molecule has 0 bridgehead atoms. The van der Waals surface area contributed by atoms with E-state index in [9.17, 15) is 9.59 Å². The van der Waals surface area contributed by atoms with Gasteiger partial charge in [-0.1, -0.05) is 36.4 Å². The molecular formula is C16H15N3O2. The SMILES string of the molecule is NC(c1ccccc1)c1ccc2c(c1)NC(=O)CC(=O)N2. The number of nitrogens with one attached hydrogen (secondary N) is 2. The molecule has 1 unspecified atom stereocenters. The Morgan fingerprint density at radius 3 is 2.24 bits per heavy atom. The van der Waals surface area contributed by atoms with Crippen molar-refractivity contribution in [3.63, 3.8) is 0 Å². The summed E-state index contributed by atoms with van der Waals surface area (Å²) in [7, 11) is 0. The summed E-state index contributed by atoms with van der Waals surface area (Å²) >= 11 is 0. The summed E-state index contributed by atoms with van der Waals surface area (Å²) < 4.78 is 0. The average molecular weight is 281 g/mol. The molecule has 1 atom stereocenters. The number of carbonyl (C=O) groups excluding carboxylic acids is 2. The van der Waals surface area contributed by atoms with Crippen LogP contribution in [0.5, 0.6) is 0 Å². The van der Waals surface area contributed by atoms with Gasteiger partial charge in [-0.3, -0.25) is 9.59 Å². The summed E-state index contributed by atoms with van der Waals surface area (Å²) in [6.07, 6.45) is -0.172. The lowest BCUT2D eigenvalue weighted by Crippen LogP contribution is -2.16. The topological polar surface area (TPSA) is 84.2 Å². The van der Waals surface area contributed by atoms with Crippen LogP contribution in [0.25, 0.3) is 0 Å². The molecule has 4 N–H and O–H groups in total. The molecule has 3 rings (SSSR count). The van der Waals surface area contributed by atoms with Crippen molar-refractivity contribution >= 4 is 23.2 Å². The molecule has 0 fully saturated rings. The van der Waals surface area contributed by atoms with E-state index < -0.39 is 0 Å². The molecule has 0 spiro atoms. The zero-order chi connectivity index (χ0) is 14.8. The summed E-state index contributed by atoms with van der Waals surface area (Å²) in [5.74, 6) is -0.636. The number of hydrogen-bond donors (Lipinski definition) is 3. The van der Waals surface area contributed by atoms with E-state index in [0.717, 1.165) is 11.1 Å². The lowest BCUT2D eigenvalue weighted by atomic mass is 9.99. The summed E-state index contributed by atoms with van der Waals surface area (Å²) in [4.78, 5) is 23.1. The Balaban J connectivity index is 1.96. The predicted molar refractivity (Wildman–Crippen MR) is 80.8 cm³/mol. The van der Waals surface area contributed by atoms with Gasteiger partial charge < -0.3 is 16.4 Å². The molecule has 0 radical (unpaired) electrons. The van der Waals surface area contributed by atoms with Gasteiger partial charge in [0.15, 0.2) is 0 Å². The van der Waals surface area contributed by atoms with Crippen molar-refractivity contribution in [2.75, 3.05) is 10.6 Å². The molecule has 2 amide bonds. The van der Waals surface area contributed by atoms with Crippen molar-refractivity contribution in [3.8, 4) is 0 Å². The molecular weight excluding hydrogens is 266 g/mol. The Morgan fingerprint density at radius 1 is 0.857 bits per heavy atom. The molecule has 1 aliphatic heterocycles. The minimum absolute atomic E-state index is 0.172. The first-order chi connectivity index (χ1) is 10.1. The van der Waals surface area contributed by atoms with Crippen LogP contribution in [-0.2, 0) is 9.59 Å². The third-order valence-corrected chi connectivity index (χ3v) is 3.43. The number of amides is 2. The highest BCUT2D eigenvalue weighted by Crippen LogP contribution is 2.29. The van der Waals surface area contributed by atoms with Crippen molar-refractivity contribution in [1.29, 1.82) is 0 Å². The quantitative estimate of drug-likeness (QED) is 0.736. The summed E-state index contributed by atoms with van der Waals surface area (Å²) in [5.41, 5.74) is 9.28.